The molecule has 0 bridgehead atoms. The molecule has 3 atom stereocenters. The molecule has 1 aliphatic heterocycles. The van der Waals surface area contributed by atoms with E-state index in [-0.39, 0.29) is 0 Å². The molecule has 0 aliphatic carbocycles. The van der Waals surface area contributed by atoms with Gasteiger partial charge in [0.05, 0.1) is 17.0 Å². The fourth-order valence-corrected chi connectivity index (χ4v) is 3.11. The zero-order chi connectivity index (χ0) is 12.3. The quantitative estimate of drug-likeness (QED) is 0.735. The first kappa shape index (κ1) is 13.1. The van der Waals surface area contributed by atoms with Crippen LogP contribution in [0.2, 0.25) is 0 Å². The first-order valence-corrected chi connectivity index (χ1v) is 7.50. The van der Waals surface area contributed by atoms with E-state index in [1.54, 1.807) is 0 Å². The van der Waals surface area contributed by atoms with Crippen LogP contribution in [0.25, 0.3) is 0 Å². The van der Waals surface area contributed by atoms with Gasteiger partial charge in [-0.3, -0.25) is 0 Å². The van der Waals surface area contributed by atoms with Gasteiger partial charge in [-0.05, 0) is 37.3 Å². The standard InChI is InChI=1S/C15H21BrO/c1-3-4-12-6-8-13(9-7-12)15(16)14-10-5-11(2)17-14/h6-9,11,14-15H,3-5,10H2,1-2H3. The first-order chi connectivity index (χ1) is 8.20. The zero-order valence-electron chi connectivity index (χ0n) is 10.7. The molecule has 0 amide bonds. The first-order valence-electron chi connectivity index (χ1n) is 6.59. The van der Waals surface area contributed by atoms with E-state index < -0.39 is 0 Å². The third kappa shape index (κ3) is 3.32. The predicted molar refractivity (Wildman–Crippen MR) is 75.7 cm³/mol. The minimum Gasteiger partial charge on any atom is -0.374 e. The number of rotatable bonds is 4. The van der Waals surface area contributed by atoms with Crippen LogP contribution in [0.5, 0.6) is 0 Å². The van der Waals surface area contributed by atoms with Crippen molar-refractivity contribution in [2.24, 2.45) is 0 Å². The monoisotopic (exact) mass is 296 g/mol. The van der Waals surface area contributed by atoms with E-state index >= 15 is 0 Å². The third-order valence-electron chi connectivity index (χ3n) is 3.43. The summed E-state index contributed by atoms with van der Waals surface area (Å²) in [6.45, 7) is 4.37. The molecule has 0 saturated carbocycles. The molecule has 1 aromatic carbocycles. The molecule has 0 N–H and O–H groups in total. The van der Waals surface area contributed by atoms with E-state index in [9.17, 15) is 0 Å². The molecular formula is C15H21BrO. The fraction of sp³-hybridized carbons (Fsp3) is 0.600. The summed E-state index contributed by atoms with van der Waals surface area (Å²) in [5.41, 5.74) is 2.76. The molecule has 0 radical (unpaired) electrons. The molecular weight excluding hydrogens is 276 g/mol. The highest BCUT2D eigenvalue weighted by Crippen LogP contribution is 2.36. The lowest BCUT2D eigenvalue weighted by Gasteiger charge is -2.18. The van der Waals surface area contributed by atoms with E-state index in [1.807, 2.05) is 0 Å². The number of aryl methyl sites for hydroxylation is 1. The Labute approximate surface area is 113 Å². The Bertz CT molecular complexity index is 346. The highest BCUT2D eigenvalue weighted by atomic mass is 79.9. The second-order valence-electron chi connectivity index (χ2n) is 4.96. The largest absolute Gasteiger partial charge is 0.374 e. The van der Waals surface area contributed by atoms with E-state index in [0.717, 1.165) is 6.42 Å². The maximum Gasteiger partial charge on any atom is 0.0745 e. The van der Waals surface area contributed by atoms with Crippen LogP contribution in [0, 0.1) is 0 Å². The summed E-state index contributed by atoms with van der Waals surface area (Å²) in [5, 5.41) is 0. The molecule has 0 spiro atoms. The number of hydrogen-bond acceptors (Lipinski definition) is 1. The van der Waals surface area contributed by atoms with Gasteiger partial charge >= 0.3 is 0 Å². The highest BCUT2D eigenvalue weighted by Gasteiger charge is 2.28. The average molecular weight is 297 g/mol. The molecule has 1 aliphatic rings. The Morgan fingerprint density at radius 3 is 2.53 bits per heavy atom. The molecule has 1 nitrogen and oxygen atoms in total. The van der Waals surface area contributed by atoms with Gasteiger partial charge in [0, 0.05) is 0 Å². The Kier molecular flexibility index (Phi) is 4.63. The SMILES string of the molecule is CCCc1ccc(C(Br)C2CCC(C)O2)cc1. The van der Waals surface area contributed by atoms with E-state index in [4.69, 9.17) is 4.74 Å². The maximum absolute atomic E-state index is 5.91. The molecule has 94 valence electrons. The van der Waals surface area contributed by atoms with Gasteiger partial charge in [-0.25, -0.2) is 0 Å². The van der Waals surface area contributed by atoms with Crippen LogP contribution in [0.15, 0.2) is 24.3 Å². The van der Waals surface area contributed by atoms with Crippen molar-refractivity contribution in [1.82, 2.24) is 0 Å². The topological polar surface area (TPSA) is 9.23 Å². The number of alkyl halides is 1. The van der Waals surface area contributed by atoms with Crippen LogP contribution < -0.4 is 0 Å². The van der Waals surface area contributed by atoms with E-state index in [2.05, 4.69) is 54.0 Å². The van der Waals surface area contributed by atoms with Gasteiger partial charge < -0.3 is 4.74 Å². The molecule has 1 heterocycles. The van der Waals surface area contributed by atoms with Crippen LogP contribution in [0.3, 0.4) is 0 Å². The Morgan fingerprint density at radius 1 is 1.29 bits per heavy atom. The summed E-state index contributed by atoms with van der Waals surface area (Å²) < 4.78 is 5.91. The minimum atomic E-state index is 0.335. The van der Waals surface area contributed by atoms with Crippen molar-refractivity contribution in [3.05, 3.63) is 35.4 Å². The molecule has 1 fully saturated rings. The molecule has 0 aromatic heterocycles. The van der Waals surface area contributed by atoms with Crippen molar-refractivity contribution in [2.45, 2.75) is 56.6 Å². The minimum absolute atomic E-state index is 0.335. The number of hydrogen-bond donors (Lipinski definition) is 0. The van der Waals surface area contributed by atoms with E-state index in [1.165, 1.54) is 30.4 Å². The molecule has 3 unspecified atom stereocenters. The summed E-state index contributed by atoms with van der Waals surface area (Å²) in [5.74, 6) is 0. The molecule has 1 saturated heterocycles. The van der Waals surface area contributed by atoms with Crippen LogP contribution in [-0.2, 0) is 11.2 Å². The number of halogens is 1. The summed E-state index contributed by atoms with van der Waals surface area (Å²) in [6.07, 6.45) is 5.47. The Morgan fingerprint density at radius 2 is 2.00 bits per heavy atom. The molecule has 2 heteroatoms. The maximum atomic E-state index is 5.91. The third-order valence-corrected chi connectivity index (χ3v) is 4.55. The lowest BCUT2D eigenvalue weighted by Crippen LogP contribution is -2.14. The van der Waals surface area contributed by atoms with Gasteiger partial charge in [-0.15, -0.1) is 0 Å². The van der Waals surface area contributed by atoms with Gasteiger partial charge in [0.15, 0.2) is 0 Å². The van der Waals surface area contributed by atoms with Crippen LogP contribution in [0.1, 0.15) is 49.1 Å². The summed E-state index contributed by atoms with van der Waals surface area (Å²) in [4.78, 5) is 0.336. The smallest absolute Gasteiger partial charge is 0.0745 e. The Hall–Kier alpha value is -0.340. The molecule has 17 heavy (non-hydrogen) atoms. The lowest BCUT2D eigenvalue weighted by atomic mass is 10.0. The van der Waals surface area contributed by atoms with Crippen LogP contribution in [-0.4, -0.2) is 12.2 Å². The number of benzene rings is 1. The van der Waals surface area contributed by atoms with Crippen molar-refractivity contribution in [3.63, 3.8) is 0 Å². The van der Waals surface area contributed by atoms with Crippen molar-refractivity contribution in [1.29, 1.82) is 0 Å². The second kappa shape index (κ2) is 6.01. The highest BCUT2D eigenvalue weighted by molar-refractivity contribution is 9.09. The van der Waals surface area contributed by atoms with Gasteiger partial charge in [-0.2, -0.15) is 0 Å². The predicted octanol–water partition coefficient (Wildman–Crippen LogP) is 4.64. The fourth-order valence-electron chi connectivity index (χ4n) is 2.42. The zero-order valence-corrected chi connectivity index (χ0v) is 12.2. The van der Waals surface area contributed by atoms with Crippen molar-refractivity contribution >= 4 is 15.9 Å². The van der Waals surface area contributed by atoms with E-state index in [0.29, 0.717) is 17.0 Å². The summed E-state index contributed by atoms with van der Waals surface area (Å²) >= 11 is 3.78. The summed E-state index contributed by atoms with van der Waals surface area (Å²) in [7, 11) is 0. The van der Waals surface area contributed by atoms with Gasteiger partial charge in [-0.1, -0.05) is 53.5 Å². The van der Waals surface area contributed by atoms with Crippen molar-refractivity contribution in [2.75, 3.05) is 0 Å². The second-order valence-corrected chi connectivity index (χ2v) is 5.94. The van der Waals surface area contributed by atoms with Gasteiger partial charge in [0.1, 0.15) is 0 Å². The van der Waals surface area contributed by atoms with Crippen molar-refractivity contribution in [3.8, 4) is 0 Å². The van der Waals surface area contributed by atoms with Crippen molar-refractivity contribution < 1.29 is 4.74 Å². The summed E-state index contributed by atoms with van der Waals surface area (Å²) in [6, 6.07) is 8.95. The lowest BCUT2D eigenvalue weighted by molar-refractivity contribution is 0.0557. The van der Waals surface area contributed by atoms with Gasteiger partial charge in [0.2, 0.25) is 0 Å². The Balaban J connectivity index is 2.01. The average Bonchev–Trinajstić information content (AvgIpc) is 2.76. The molecule has 1 aromatic rings. The molecule has 2 rings (SSSR count). The van der Waals surface area contributed by atoms with Crippen LogP contribution >= 0.6 is 15.9 Å². The van der Waals surface area contributed by atoms with Crippen LogP contribution in [0.4, 0.5) is 0 Å². The number of ether oxygens (including phenoxy) is 1. The normalized spacial score (nSPS) is 26.1. The van der Waals surface area contributed by atoms with Gasteiger partial charge in [0.25, 0.3) is 0 Å².